The van der Waals surface area contributed by atoms with Gasteiger partial charge in [-0.05, 0) is 30.9 Å². The van der Waals surface area contributed by atoms with Gasteiger partial charge < -0.3 is 14.4 Å². The first-order valence-corrected chi connectivity index (χ1v) is 12.6. The van der Waals surface area contributed by atoms with E-state index in [1.54, 1.807) is 29.1 Å². The van der Waals surface area contributed by atoms with Crippen molar-refractivity contribution in [1.82, 2.24) is 19.5 Å². The van der Waals surface area contributed by atoms with Gasteiger partial charge in [-0.3, -0.25) is 8.98 Å². The monoisotopic (exact) mass is 519 g/mol. The van der Waals surface area contributed by atoms with Gasteiger partial charge in [0, 0.05) is 36.1 Å². The molecule has 13 heteroatoms. The smallest absolute Gasteiger partial charge is 0.333 e. The van der Waals surface area contributed by atoms with E-state index in [9.17, 15) is 22.7 Å². The summed E-state index contributed by atoms with van der Waals surface area (Å²) in [5.41, 5.74) is 1.71. The second-order valence-corrected chi connectivity index (χ2v) is 9.85. The number of aliphatic hydroxyl groups excluding tert-OH is 1. The van der Waals surface area contributed by atoms with E-state index in [1.165, 1.54) is 19.6 Å². The fraction of sp³-hybridized carbons (Fsp3) is 0.391. The number of nitrogens with zero attached hydrogens (tertiary/aromatic N) is 4. The van der Waals surface area contributed by atoms with Crippen LogP contribution in [0.25, 0.3) is 0 Å². The molecule has 1 fully saturated rings. The maximum Gasteiger partial charge on any atom is 0.333 e. The van der Waals surface area contributed by atoms with Gasteiger partial charge in [0.05, 0.1) is 43.3 Å². The highest BCUT2D eigenvalue weighted by Gasteiger charge is 2.43. The van der Waals surface area contributed by atoms with E-state index in [2.05, 4.69) is 19.1 Å². The molecule has 0 unspecified atom stereocenters. The van der Waals surface area contributed by atoms with Gasteiger partial charge in [0.1, 0.15) is 12.5 Å². The molecule has 0 aromatic carbocycles. The lowest BCUT2D eigenvalue weighted by molar-refractivity contribution is 0.0438. The van der Waals surface area contributed by atoms with Crippen molar-refractivity contribution in [2.45, 2.75) is 31.7 Å². The Morgan fingerprint density at radius 3 is 2.86 bits per heavy atom. The van der Waals surface area contributed by atoms with Crippen molar-refractivity contribution in [1.29, 1.82) is 0 Å². The number of ether oxygens (including phenoxy) is 1. The number of ketones is 1. The van der Waals surface area contributed by atoms with Crippen molar-refractivity contribution in [3.63, 3.8) is 0 Å². The molecule has 1 saturated carbocycles. The van der Waals surface area contributed by atoms with Gasteiger partial charge in [-0.1, -0.05) is 6.07 Å². The summed E-state index contributed by atoms with van der Waals surface area (Å²) in [6.07, 6.45) is 3.21. The zero-order chi connectivity index (χ0) is 25.9. The summed E-state index contributed by atoms with van der Waals surface area (Å²) < 4.78 is 48.4. The van der Waals surface area contributed by atoms with Gasteiger partial charge >= 0.3 is 10.3 Å². The molecular formula is C23H26FN5O6S. The first-order valence-electron chi connectivity index (χ1n) is 11.1. The molecule has 3 aromatic heterocycles. The maximum atomic E-state index is 14.8. The summed E-state index contributed by atoms with van der Waals surface area (Å²) in [5.74, 6) is -1.29. The standard InChI is InChI=1S/C23H26FN5O6S/c1-34-20-4-2-3-17(28-20)11-29-6-5-14(10-29)22(30)18-9-26-13-27-19(18)8-15-7-16(23(31)21(15)24)12-35-36(25,32)33/h2-6,9-10,13,15-16,21,23,31H,7-8,11-12H2,1H3,(H2,25,32,33)/t15-,16+,21+,23+/m0/s1. The highest BCUT2D eigenvalue weighted by Crippen LogP contribution is 2.36. The number of rotatable bonds is 10. The van der Waals surface area contributed by atoms with Crippen LogP contribution in [0, 0.1) is 11.8 Å². The number of hydrogen-bond acceptors (Lipinski definition) is 9. The Hall–Kier alpha value is -3.26. The molecule has 3 aromatic rings. The normalized spacial score (nSPS) is 22.0. The Labute approximate surface area is 207 Å². The molecule has 4 rings (SSSR count). The average molecular weight is 520 g/mol. The summed E-state index contributed by atoms with van der Waals surface area (Å²) in [5, 5.41) is 15.0. The largest absolute Gasteiger partial charge is 0.481 e. The Bertz CT molecular complexity index is 1330. The van der Waals surface area contributed by atoms with Crippen LogP contribution in [0.15, 0.2) is 49.2 Å². The molecule has 0 amide bonds. The molecule has 1 aliphatic rings. The Morgan fingerprint density at radius 1 is 1.31 bits per heavy atom. The van der Waals surface area contributed by atoms with E-state index >= 15 is 0 Å². The molecule has 0 spiro atoms. The number of aromatic nitrogens is 4. The quantitative estimate of drug-likeness (QED) is 0.373. The van der Waals surface area contributed by atoms with E-state index in [-0.39, 0.29) is 24.2 Å². The fourth-order valence-electron chi connectivity index (χ4n) is 4.37. The summed E-state index contributed by atoms with van der Waals surface area (Å²) in [6.45, 7) is -0.00373. The number of halogens is 1. The van der Waals surface area contributed by atoms with Gasteiger partial charge in [-0.25, -0.2) is 24.5 Å². The number of pyridine rings is 1. The number of carbonyl (C=O) groups is 1. The fourth-order valence-corrected chi connectivity index (χ4v) is 4.74. The lowest BCUT2D eigenvalue weighted by atomic mass is 9.95. The minimum Gasteiger partial charge on any atom is -0.481 e. The molecule has 0 radical (unpaired) electrons. The zero-order valence-electron chi connectivity index (χ0n) is 19.4. The van der Waals surface area contributed by atoms with Crippen LogP contribution < -0.4 is 9.88 Å². The SMILES string of the molecule is COc1cccc(Cn2ccc(C(=O)c3cncnc3C[C@@H]3C[C@H](COS(N)(=O)=O)[C@@H](O)[C@@H]3F)c2)n1. The zero-order valence-corrected chi connectivity index (χ0v) is 20.2. The van der Waals surface area contributed by atoms with Gasteiger partial charge in [0.2, 0.25) is 5.88 Å². The first-order chi connectivity index (χ1) is 17.1. The summed E-state index contributed by atoms with van der Waals surface area (Å²) in [6, 6.07) is 7.08. The summed E-state index contributed by atoms with van der Waals surface area (Å²) >= 11 is 0. The number of carbonyl (C=O) groups excluding carboxylic acids is 1. The predicted octanol–water partition coefficient (Wildman–Crippen LogP) is 1.06. The highest BCUT2D eigenvalue weighted by atomic mass is 32.2. The number of alkyl halides is 1. The van der Waals surface area contributed by atoms with E-state index in [0.29, 0.717) is 23.7 Å². The molecule has 192 valence electrons. The third-order valence-electron chi connectivity index (χ3n) is 6.15. The van der Waals surface area contributed by atoms with Crippen LogP contribution >= 0.6 is 0 Å². The van der Waals surface area contributed by atoms with Gasteiger partial charge in [-0.2, -0.15) is 8.42 Å². The van der Waals surface area contributed by atoms with Crippen LogP contribution in [0.3, 0.4) is 0 Å². The number of methoxy groups -OCH3 is 1. The molecule has 4 atom stereocenters. The molecule has 3 heterocycles. The molecule has 11 nitrogen and oxygen atoms in total. The van der Waals surface area contributed by atoms with Crippen molar-refractivity contribution in [3.8, 4) is 5.88 Å². The van der Waals surface area contributed by atoms with Crippen molar-refractivity contribution in [2.75, 3.05) is 13.7 Å². The molecular weight excluding hydrogens is 493 g/mol. The van der Waals surface area contributed by atoms with Crippen LogP contribution in [0.5, 0.6) is 5.88 Å². The topological polar surface area (TPSA) is 160 Å². The highest BCUT2D eigenvalue weighted by molar-refractivity contribution is 7.84. The molecule has 0 bridgehead atoms. The maximum absolute atomic E-state index is 14.8. The lowest BCUT2D eigenvalue weighted by Crippen LogP contribution is -2.29. The van der Waals surface area contributed by atoms with E-state index in [0.717, 1.165) is 5.69 Å². The average Bonchev–Trinajstić information content (AvgIpc) is 3.42. The molecule has 0 saturated heterocycles. The van der Waals surface area contributed by atoms with E-state index in [4.69, 9.17) is 9.88 Å². The summed E-state index contributed by atoms with van der Waals surface area (Å²) in [7, 11) is -2.67. The van der Waals surface area contributed by atoms with Crippen LogP contribution in [0.1, 0.15) is 33.7 Å². The van der Waals surface area contributed by atoms with Crippen molar-refractivity contribution in [3.05, 3.63) is 71.7 Å². The molecule has 1 aliphatic carbocycles. The number of aliphatic hydroxyl groups is 1. The van der Waals surface area contributed by atoms with Crippen LogP contribution in [0.4, 0.5) is 4.39 Å². The lowest BCUT2D eigenvalue weighted by Gasteiger charge is -2.15. The first kappa shape index (κ1) is 25.8. The second kappa shape index (κ2) is 10.8. The Balaban J connectivity index is 1.47. The second-order valence-electron chi connectivity index (χ2n) is 8.63. The predicted molar refractivity (Wildman–Crippen MR) is 125 cm³/mol. The summed E-state index contributed by atoms with van der Waals surface area (Å²) in [4.78, 5) is 25.8. The van der Waals surface area contributed by atoms with Gasteiger partial charge in [0.25, 0.3) is 0 Å². The van der Waals surface area contributed by atoms with Crippen LogP contribution in [-0.2, 0) is 27.5 Å². The third kappa shape index (κ3) is 6.10. The van der Waals surface area contributed by atoms with E-state index < -0.39 is 41.0 Å². The van der Waals surface area contributed by atoms with Crippen molar-refractivity contribution < 1.29 is 31.6 Å². The number of hydrogen-bond donors (Lipinski definition) is 2. The van der Waals surface area contributed by atoms with Crippen molar-refractivity contribution >= 4 is 16.1 Å². The molecule has 3 N–H and O–H groups in total. The minimum atomic E-state index is -4.21. The van der Waals surface area contributed by atoms with Crippen molar-refractivity contribution in [2.24, 2.45) is 17.0 Å². The van der Waals surface area contributed by atoms with Crippen LogP contribution in [0.2, 0.25) is 0 Å². The van der Waals surface area contributed by atoms with Gasteiger partial charge in [-0.15, -0.1) is 0 Å². The minimum absolute atomic E-state index is 0.0577. The third-order valence-corrected chi connectivity index (χ3v) is 6.62. The Kier molecular flexibility index (Phi) is 7.73. The molecule has 0 aliphatic heterocycles. The van der Waals surface area contributed by atoms with Gasteiger partial charge in [0.15, 0.2) is 5.78 Å². The van der Waals surface area contributed by atoms with Crippen LogP contribution in [-0.4, -0.2) is 64.8 Å². The van der Waals surface area contributed by atoms with E-state index in [1.807, 2.05) is 12.1 Å². The number of nitrogens with two attached hydrogens (primary N) is 1. The molecule has 36 heavy (non-hydrogen) atoms. The Morgan fingerprint density at radius 2 is 2.11 bits per heavy atom.